The van der Waals surface area contributed by atoms with Crippen LogP contribution < -0.4 is 4.65 Å². The van der Waals surface area contributed by atoms with Crippen LogP contribution in [0, 0.1) is 0 Å². The summed E-state index contributed by atoms with van der Waals surface area (Å²) in [6, 6.07) is 5.05. The van der Waals surface area contributed by atoms with Crippen molar-refractivity contribution in [1.29, 1.82) is 0 Å². The van der Waals surface area contributed by atoms with Crippen molar-refractivity contribution in [3.05, 3.63) is 24.4 Å². The van der Waals surface area contributed by atoms with Crippen LogP contribution in [-0.4, -0.2) is 27.6 Å². The molecule has 1 heterocycles. The van der Waals surface area contributed by atoms with E-state index in [0.717, 1.165) is 10.9 Å². The number of rotatable bonds is 2. The average Bonchev–Trinajstić information content (AvgIpc) is 2.49. The van der Waals surface area contributed by atoms with Gasteiger partial charge in [-0.15, -0.1) is 0 Å². The van der Waals surface area contributed by atoms with Crippen molar-refractivity contribution in [1.82, 2.24) is 10.2 Å². The Hall–Kier alpha value is -1.53. The number of benzene rings is 1. The maximum absolute atomic E-state index is 8.54. The van der Waals surface area contributed by atoms with E-state index in [4.69, 9.17) is 10.0 Å². The third-order valence-electron chi connectivity index (χ3n) is 1.65. The third kappa shape index (κ3) is 1.63. The summed E-state index contributed by atoms with van der Waals surface area (Å²) in [4.78, 5) is 0. The van der Waals surface area contributed by atoms with E-state index < -0.39 is 7.32 Å². The summed E-state index contributed by atoms with van der Waals surface area (Å²) in [6.45, 7) is 0. The quantitative estimate of drug-likeness (QED) is 0.561. The first-order valence-corrected chi connectivity index (χ1v) is 3.71. The number of fused-ring (bicyclic) bond motifs is 1. The molecule has 2 rings (SSSR count). The smallest absolute Gasteiger partial charge is 0.512 e. The van der Waals surface area contributed by atoms with Gasteiger partial charge in [0.05, 0.1) is 11.7 Å². The fourth-order valence-corrected chi connectivity index (χ4v) is 1.11. The molecule has 0 aliphatic rings. The Morgan fingerprint density at radius 3 is 3.00 bits per heavy atom. The Bertz CT molecular complexity index is 415. The van der Waals surface area contributed by atoms with E-state index in [1.165, 1.54) is 0 Å². The van der Waals surface area contributed by atoms with Crippen molar-refractivity contribution >= 4 is 18.2 Å². The van der Waals surface area contributed by atoms with Crippen LogP contribution in [0.15, 0.2) is 24.4 Å². The first-order valence-electron chi connectivity index (χ1n) is 3.71. The highest BCUT2D eigenvalue weighted by Gasteiger charge is 2.11. The number of nitrogens with zero attached hydrogens (tertiary/aromatic N) is 1. The molecule has 0 amide bonds. The van der Waals surface area contributed by atoms with Gasteiger partial charge in [0.15, 0.2) is 0 Å². The summed E-state index contributed by atoms with van der Waals surface area (Å²) in [5.41, 5.74) is 0.790. The number of nitrogens with one attached hydrogen (secondary N) is 1. The molecule has 0 aliphatic heterocycles. The highest BCUT2D eigenvalue weighted by Crippen LogP contribution is 2.18. The van der Waals surface area contributed by atoms with E-state index in [1.54, 1.807) is 24.4 Å². The normalized spacial score (nSPS) is 10.3. The Kier molecular flexibility index (Phi) is 1.92. The molecule has 0 radical (unpaired) electrons. The predicted molar refractivity (Wildman–Crippen MR) is 46.9 cm³/mol. The summed E-state index contributed by atoms with van der Waals surface area (Å²) >= 11 is 0. The minimum atomic E-state index is -1.79. The first-order chi connectivity index (χ1) is 6.25. The molecule has 1 aromatic heterocycles. The number of hydrogen-bond donors (Lipinski definition) is 3. The second-order valence-corrected chi connectivity index (χ2v) is 2.56. The zero-order chi connectivity index (χ0) is 9.26. The van der Waals surface area contributed by atoms with Crippen molar-refractivity contribution in [3.8, 4) is 5.75 Å². The highest BCUT2D eigenvalue weighted by molar-refractivity contribution is 6.33. The zero-order valence-electron chi connectivity index (χ0n) is 6.64. The molecule has 6 heteroatoms. The summed E-state index contributed by atoms with van der Waals surface area (Å²) in [5, 5.41) is 24.6. The number of H-pyrrole nitrogens is 1. The Morgan fingerprint density at radius 2 is 2.23 bits per heavy atom. The maximum atomic E-state index is 8.54. The van der Waals surface area contributed by atoms with Crippen LogP contribution in [0.25, 0.3) is 10.9 Å². The minimum Gasteiger partial charge on any atom is -0.512 e. The van der Waals surface area contributed by atoms with Crippen LogP contribution in [0.4, 0.5) is 0 Å². The molecule has 0 atom stereocenters. The molecule has 66 valence electrons. The second kappa shape index (κ2) is 3.08. The van der Waals surface area contributed by atoms with E-state index in [1.807, 2.05) is 0 Å². The lowest BCUT2D eigenvalue weighted by Crippen LogP contribution is -2.20. The van der Waals surface area contributed by atoms with Gasteiger partial charge in [-0.3, -0.25) is 5.10 Å². The fraction of sp³-hybridized carbons (Fsp3) is 0. The van der Waals surface area contributed by atoms with Gasteiger partial charge < -0.3 is 14.7 Å². The fourth-order valence-electron chi connectivity index (χ4n) is 1.11. The van der Waals surface area contributed by atoms with Gasteiger partial charge in [-0.05, 0) is 12.1 Å². The van der Waals surface area contributed by atoms with Crippen molar-refractivity contribution in [2.75, 3.05) is 0 Å². The summed E-state index contributed by atoms with van der Waals surface area (Å²) < 4.78 is 4.66. The predicted octanol–water partition coefficient (Wildman–Crippen LogP) is -0.0888. The molecule has 13 heavy (non-hydrogen) atoms. The molecule has 0 spiro atoms. The van der Waals surface area contributed by atoms with Crippen LogP contribution in [-0.2, 0) is 0 Å². The molecule has 5 nitrogen and oxygen atoms in total. The molecule has 0 saturated carbocycles. The van der Waals surface area contributed by atoms with E-state index in [2.05, 4.69) is 14.9 Å². The molecular weight excluding hydrogens is 171 g/mol. The van der Waals surface area contributed by atoms with Crippen molar-refractivity contribution in [2.45, 2.75) is 0 Å². The van der Waals surface area contributed by atoms with E-state index in [0.29, 0.717) is 5.75 Å². The molecule has 0 aliphatic carbocycles. The molecule has 0 fully saturated rings. The third-order valence-corrected chi connectivity index (χ3v) is 1.65. The lowest BCUT2D eigenvalue weighted by molar-refractivity contribution is 0.288. The van der Waals surface area contributed by atoms with Crippen LogP contribution in [0.5, 0.6) is 5.75 Å². The SMILES string of the molecule is OB(O)Oc1ccc2cn[nH]c2c1. The van der Waals surface area contributed by atoms with E-state index in [9.17, 15) is 0 Å². The van der Waals surface area contributed by atoms with Gasteiger partial charge in [0.2, 0.25) is 0 Å². The van der Waals surface area contributed by atoms with Gasteiger partial charge in [0, 0.05) is 11.5 Å². The number of aromatic amines is 1. The summed E-state index contributed by atoms with van der Waals surface area (Å²) in [6.07, 6.45) is 1.68. The van der Waals surface area contributed by atoms with Crippen LogP contribution in [0.1, 0.15) is 0 Å². The Morgan fingerprint density at radius 1 is 1.38 bits per heavy atom. The van der Waals surface area contributed by atoms with Crippen LogP contribution in [0.2, 0.25) is 0 Å². The van der Waals surface area contributed by atoms with Crippen LogP contribution in [0.3, 0.4) is 0 Å². The number of aromatic nitrogens is 2. The van der Waals surface area contributed by atoms with Crippen molar-refractivity contribution in [3.63, 3.8) is 0 Å². The van der Waals surface area contributed by atoms with Crippen molar-refractivity contribution in [2.24, 2.45) is 0 Å². The van der Waals surface area contributed by atoms with Gasteiger partial charge in [0.1, 0.15) is 5.75 Å². The van der Waals surface area contributed by atoms with Crippen molar-refractivity contribution < 1.29 is 14.7 Å². The molecule has 1 aromatic carbocycles. The van der Waals surface area contributed by atoms with Gasteiger partial charge in [0.25, 0.3) is 0 Å². The molecule has 3 N–H and O–H groups in total. The lowest BCUT2D eigenvalue weighted by Gasteiger charge is -2.03. The van der Waals surface area contributed by atoms with Gasteiger partial charge in [-0.2, -0.15) is 5.10 Å². The van der Waals surface area contributed by atoms with Gasteiger partial charge >= 0.3 is 7.32 Å². The highest BCUT2D eigenvalue weighted by atomic mass is 16.6. The maximum Gasteiger partial charge on any atom is 0.707 e. The lowest BCUT2D eigenvalue weighted by atomic mass is 10.2. The Balaban J connectivity index is 2.37. The molecule has 0 saturated heterocycles. The molecular formula is C7H7BN2O3. The monoisotopic (exact) mass is 178 g/mol. The van der Waals surface area contributed by atoms with Gasteiger partial charge in [-0.25, -0.2) is 0 Å². The van der Waals surface area contributed by atoms with E-state index >= 15 is 0 Å². The molecule has 0 bridgehead atoms. The average molecular weight is 178 g/mol. The largest absolute Gasteiger partial charge is 0.707 e. The summed E-state index contributed by atoms with van der Waals surface area (Å²) in [7, 11) is -1.79. The number of hydrogen-bond acceptors (Lipinski definition) is 4. The zero-order valence-corrected chi connectivity index (χ0v) is 6.64. The summed E-state index contributed by atoms with van der Waals surface area (Å²) in [5.74, 6) is 0.381. The topological polar surface area (TPSA) is 78.4 Å². The molecule has 2 aromatic rings. The first kappa shape index (κ1) is 8.09. The van der Waals surface area contributed by atoms with E-state index in [-0.39, 0.29) is 0 Å². The van der Waals surface area contributed by atoms with Crippen LogP contribution >= 0.6 is 0 Å². The molecule has 0 unspecified atom stereocenters. The Labute approximate surface area is 74.1 Å². The minimum absolute atomic E-state index is 0.381. The standard InChI is InChI=1S/C7H7BN2O3/c11-8(12)13-6-2-1-5-4-9-10-7(5)3-6/h1-4,11-12H,(H,9,10). The van der Waals surface area contributed by atoms with Gasteiger partial charge in [-0.1, -0.05) is 0 Å². The second-order valence-electron chi connectivity index (χ2n) is 2.56.